The average Bonchev–Trinajstić information content (AvgIpc) is 1.68. The van der Waals surface area contributed by atoms with Crippen LogP contribution in [0.25, 0.3) is 0 Å². The van der Waals surface area contributed by atoms with Crippen molar-refractivity contribution in [1.29, 1.82) is 0 Å². The molecule has 0 amide bonds. The lowest BCUT2D eigenvalue weighted by Crippen LogP contribution is -2.27. The molecule has 1 unspecified atom stereocenters. The predicted molar refractivity (Wildman–Crippen MR) is 31.6 cm³/mol. The largest absolute Gasteiger partial charge is 0.271 e. The Morgan fingerprint density at radius 3 is 2.43 bits per heavy atom. The molecule has 2 heteroatoms. The van der Waals surface area contributed by atoms with Gasteiger partial charge < -0.3 is 0 Å². The molecule has 0 saturated heterocycles. The van der Waals surface area contributed by atoms with Crippen LogP contribution in [0.2, 0.25) is 0 Å². The van der Waals surface area contributed by atoms with Crippen LogP contribution in [0.15, 0.2) is 0 Å². The zero-order valence-electron chi connectivity index (χ0n) is 5.07. The first-order valence-electron chi connectivity index (χ1n) is 2.74. The molecule has 0 fully saturated rings. The normalized spacial score (nSPS) is 14.1. The SMILES string of the molecule is CCC(C)CNN. The summed E-state index contributed by atoms with van der Waals surface area (Å²) in [7, 11) is 0. The Hall–Kier alpha value is -0.0800. The van der Waals surface area contributed by atoms with Crippen LogP contribution in [-0.2, 0) is 0 Å². The number of hydrogen-bond acceptors (Lipinski definition) is 2. The van der Waals surface area contributed by atoms with Gasteiger partial charge in [0.1, 0.15) is 0 Å². The van der Waals surface area contributed by atoms with Crippen molar-refractivity contribution in [3.63, 3.8) is 0 Å². The van der Waals surface area contributed by atoms with E-state index in [9.17, 15) is 0 Å². The second-order valence-electron chi connectivity index (χ2n) is 1.92. The third-order valence-electron chi connectivity index (χ3n) is 1.16. The van der Waals surface area contributed by atoms with Crippen molar-refractivity contribution < 1.29 is 0 Å². The molecule has 0 saturated carbocycles. The first kappa shape index (κ1) is 6.92. The van der Waals surface area contributed by atoms with Gasteiger partial charge in [0.05, 0.1) is 0 Å². The summed E-state index contributed by atoms with van der Waals surface area (Å²) in [4.78, 5) is 0. The van der Waals surface area contributed by atoms with E-state index in [0.717, 1.165) is 6.54 Å². The minimum Gasteiger partial charge on any atom is -0.271 e. The van der Waals surface area contributed by atoms with E-state index in [-0.39, 0.29) is 0 Å². The Bertz CT molecular complexity index is 37.1. The van der Waals surface area contributed by atoms with Crippen molar-refractivity contribution in [2.45, 2.75) is 20.3 Å². The number of rotatable bonds is 3. The van der Waals surface area contributed by atoms with Crippen molar-refractivity contribution in [3.8, 4) is 0 Å². The van der Waals surface area contributed by atoms with E-state index in [0.29, 0.717) is 5.92 Å². The summed E-state index contributed by atoms with van der Waals surface area (Å²) >= 11 is 0. The van der Waals surface area contributed by atoms with E-state index in [4.69, 9.17) is 5.84 Å². The van der Waals surface area contributed by atoms with Crippen LogP contribution in [0.1, 0.15) is 20.3 Å². The Kier molecular flexibility index (Phi) is 4.04. The lowest BCUT2D eigenvalue weighted by molar-refractivity contribution is 0.510. The molecule has 7 heavy (non-hydrogen) atoms. The molecule has 0 aromatic rings. The van der Waals surface area contributed by atoms with Gasteiger partial charge in [-0.3, -0.25) is 11.3 Å². The molecule has 0 aromatic heterocycles. The fourth-order valence-electron chi connectivity index (χ4n) is 0.346. The highest BCUT2D eigenvalue weighted by Crippen LogP contribution is 1.95. The Morgan fingerprint density at radius 1 is 1.71 bits per heavy atom. The minimum atomic E-state index is 0.713. The topological polar surface area (TPSA) is 38.0 Å². The summed E-state index contributed by atoms with van der Waals surface area (Å²) in [6, 6.07) is 0. The summed E-state index contributed by atoms with van der Waals surface area (Å²) in [5.41, 5.74) is 2.62. The number of hydrogen-bond donors (Lipinski definition) is 2. The highest BCUT2D eigenvalue weighted by molar-refractivity contribution is 4.48. The summed E-state index contributed by atoms with van der Waals surface area (Å²) in [5.74, 6) is 5.77. The first-order chi connectivity index (χ1) is 3.31. The Labute approximate surface area is 45.1 Å². The third kappa shape index (κ3) is 3.76. The van der Waals surface area contributed by atoms with Gasteiger partial charge in [-0.05, 0) is 5.92 Å². The first-order valence-corrected chi connectivity index (χ1v) is 2.74. The van der Waals surface area contributed by atoms with Crippen molar-refractivity contribution in [1.82, 2.24) is 5.43 Å². The molecule has 0 aliphatic heterocycles. The van der Waals surface area contributed by atoms with E-state index >= 15 is 0 Å². The van der Waals surface area contributed by atoms with E-state index < -0.39 is 0 Å². The summed E-state index contributed by atoms with van der Waals surface area (Å²) in [6.07, 6.45) is 1.20. The van der Waals surface area contributed by atoms with Gasteiger partial charge in [0, 0.05) is 6.54 Å². The number of nitrogens with one attached hydrogen (secondary N) is 1. The highest BCUT2D eigenvalue weighted by atomic mass is 15.2. The zero-order chi connectivity index (χ0) is 5.70. The highest BCUT2D eigenvalue weighted by Gasteiger charge is 1.92. The fraction of sp³-hybridized carbons (Fsp3) is 1.00. The van der Waals surface area contributed by atoms with Crippen LogP contribution < -0.4 is 11.3 Å². The van der Waals surface area contributed by atoms with Gasteiger partial charge in [-0.15, -0.1) is 0 Å². The summed E-state index contributed by atoms with van der Waals surface area (Å²) in [5, 5.41) is 0. The quantitative estimate of drug-likeness (QED) is 0.402. The van der Waals surface area contributed by atoms with Crippen molar-refractivity contribution in [2.75, 3.05) is 6.54 Å². The van der Waals surface area contributed by atoms with Gasteiger partial charge in [0.2, 0.25) is 0 Å². The molecule has 0 aliphatic rings. The van der Waals surface area contributed by atoms with Crippen LogP contribution in [0.5, 0.6) is 0 Å². The lowest BCUT2D eigenvalue weighted by atomic mass is 10.1. The molecule has 1 atom stereocenters. The molecule has 44 valence electrons. The Balaban J connectivity index is 2.83. The maximum Gasteiger partial charge on any atom is 0.0123 e. The van der Waals surface area contributed by atoms with E-state index in [2.05, 4.69) is 19.3 Å². The molecule has 0 bridgehead atoms. The molecule has 3 N–H and O–H groups in total. The second-order valence-corrected chi connectivity index (χ2v) is 1.92. The minimum absolute atomic E-state index is 0.713. The fourth-order valence-corrected chi connectivity index (χ4v) is 0.346. The van der Waals surface area contributed by atoms with Crippen LogP contribution in [0, 0.1) is 5.92 Å². The lowest BCUT2D eigenvalue weighted by Gasteiger charge is -2.03. The second kappa shape index (κ2) is 4.09. The molecular weight excluding hydrogens is 88.1 g/mol. The van der Waals surface area contributed by atoms with Crippen LogP contribution in [0.4, 0.5) is 0 Å². The van der Waals surface area contributed by atoms with Crippen molar-refractivity contribution in [3.05, 3.63) is 0 Å². The molecule has 0 aromatic carbocycles. The monoisotopic (exact) mass is 102 g/mol. The molecule has 0 rings (SSSR count). The smallest absolute Gasteiger partial charge is 0.0123 e. The third-order valence-corrected chi connectivity index (χ3v) is 1.16. The zero-order valence-corrected chi connectivity index (χ0v) is 5.07. The maximum atomic E-state index is 5.06. The van der Waals surface area contributed by atoms with Gasteiger partial charge >= 0.3 is 0 Å². The molecular formula is C5H14N2. The van der Waals surface area contributed by atoms with Crippen LogP contribution >= 0.6 is 0 Å². The molecule has 0 radical (unpaired) electrons. The van der Waals surface area contributed by atoms with Gasteiger partial charge in [0.25, 0.3) is 0 Å². The molecule has 0 aliphatic carbocycles. The van der Waals surface area contributed by atoms with Gasteiger partial charge in [-0.2, -0.15) is 0 Å². The number of nitrogens with two attached hydrogens (primary N) is 1. The number of hydrazine groups is 1. The summed E-state index contributed by atoms with van der Waals surface area (Å²) < 4.78 is 0. The predicted octanol–water partition coefficient (Wildman–Crippen LogP) is 0.496. The van der Waals surface area contributed by atoms with Gasteiger partial charge in [0.15, 0.2) is 0 Å². The van der Waals surface area contributed by atoms with E-state index in [1.165, 1.54) is 6.42 Å². The van der Waals surface area contributed by atoms with Crippen LogP contribution in [-0.4, -0.2) is 6.54 Å². The van der Waals surface area contributed by atoms with Crippen LogP contribution in [0.3, 0.4) is 0 Å². The van der Waals surface area contributed by atoms with Gasteiger partial charge in [-0.25, -0.2) is 0 Å². The standard InChI is InChI=1S/C5H14N2/c1-3-5(2)4-7-6/h5,7H,3-4,6H2,1-2H3. The molecule has 0 heterocycles. The molecule has 0 spiro atoms. The Morgan fingerprint density at radius 2 is 2.29 bits per heavy atom. The maximum absolute atomic E-state index is 5.06. The van der Waals surface area contributed by atoms with Gasteiger partial charge in [-0.1, -0.05) is 20.3 Å². The molecule has 2 nitrogen and oxygen atoms in total. The van der Waals surface area contributed by atoms with E-state index in [1.807, 2.05) is 0 Å². The van der Waals surface area contributed by atoms with Crippen molar-refractivity contribution >= 4 is 0 Å². The van der Waals surface area contributed by atoms with Crippen molar-refractivity contribution in [2.24, 2.45) is 11.8 Å². The summed E-state index contributed by atoms with van der Waals surface area (Å²) in [6.45, 7) is 5.25. The van der Waals surface area contributed by atoms with E-state index in [1.54, 1.807) is 0 Å². The average molecular weight is 102 g/mol.